The van der Waals surface area contributed by atoms with Crippen LogP contribution in [0.3, 0.4) is 0 Å². The Kier molecular flexibility index (Phi) is 7.05. The van der Waals surface area contributed by atoms with Crippen LogP contribution in [-0.4, -0.2) is 42.3 Å². The van der Waals surface area contributed by atoms with Crippen molar-refractivity contribution >= 4 is 17.7 Å². The minimum absolute atomic E-state index is 0.0781. The topological polar surface area (TPSA) is 58.6 Å². The lowest BCUT2D eigenvalue weighted by molar-refractivity contribution is -0.144. The maximum absolute atomic E-state index is 11.9. The number of methoxy groups -OCH3 is 1. The van der Waals surface area contributed by atoms with E-state index >= 15 is 0 Å². The Labute approximate surface area is 124 Å². The quantitative estimate of drug-likeness (QED) is 0.685. The minimum atomic E-state index is -1.06. The van der Waals surface area contributed by atoms with E-state index in [1.54, 1.807) is 18.9 Å². The zero-order valence-corrected chi connectivity index (χ0v) is 13.1. The molecule has 1 unspecified atom stereocenters. The van der Waals surface area contributed by atoms with E-state index < -0.39 is 11.5 Å². The Bertz CT molecular complexity index is 411. The first-order chi connectivity index (χ1) is 9.53. The lowest BCUT2D eigenvalue weighted by Crippen LogP contribution is -2.54. The molecule has 0 saturated heterocycles. The monoisotopic (exact) mass is 297 g/mol. The van der Waals surface area contributed by atoms with Crippen LogP contribution in [0.2, 0.25) is 0 Å². The molecular weight excluding hydrogens is 274 g/mol. The van der Waals surface area contributed by atoms with Crippen LogP contribution in [0.25, 0.3) is 0 Å². The highest BCUT2D eigenvalue weighted by atomic mass is 32.2. The average molecular weight is 297 g/mol. The molecule has 4 nitrogen and oxygen atoms in total. The number of nitrogens with one attached hydrogen (secondary N) is 1. The lowest BCUT2D eigenvalue weighted by atomic mass is 9.91. The second-order valence-corrected chi connectivity index (χ2v) is 6.03. The van der Waals surface area contributed by atoms with Crippen LogP contribution in [-0.2, 0) is 15.1 Å². The van der Waals surface area contributed by atoms with Crippen LogP contribution in [0, 0.1) is 0 Å². The molecule has 0 aliphatic heterocycles. The second kappa shape index (κ2) is 8.29. The maximum Gasteiger partial charge on any atom is 0.329 e. The van der Waals surface area contributed by atoms with Crippen molar-refractivity contribution in [2.24, 2.45) is 0 Å². The van der Waals surface area contributed by atoms with Gasteiger partial charge < -0.3 is 9.84 Å². The van der Waals surface area contributed by atoms with Gasteiger partial charge in [0.25, 0.3) is 0 Å². The summed E-state index contributed by atoms with van der Waals surface area (Å²) in [7, 11) is 1.65. The van der Waals surface area contributed by atoms with E-state index in [9.17, 15) is 9.90 Å². The summed E-state index contributed by atoms with van der Waals surface area (Å²) < 4.78 is 5.02. The normalized spacial score (nSPS) is 14.2. The van der Waals surface area contributed by atoms with Gasteiger partial charge in [0.2, 0.25) is 0 Å². The van der Waals surface area contributed by atoms with Crippen LogP contribution >= 0.6 is 11.8 Å². The molecule has 0 aliphatic rings. The van der Waals surface area contributed by atoms with Crippen LogP contribution in [0.1, 0.15) is 19.4 Å². The zero-order chi connectivity index (χ0) is 15.0. The Morgan fingerprint density at radius 3 is 2.55 bits per heavy atom. The number of benzene rings is 1. The van der Waals surface area contributed by atoms with E-state index in [1.165, 1.54) is 0 Å². The van der Waals surface area contributed by atoms with E-state index in [0.29, 0.717) is 12.4 Å². The summed E-state index contributed by atoms with van der Waals surface area (Å²) in [4.78, 5) is 11.9. The fourth-order valence-electron chi connectivity index (χ4n) is 2.04. The molecule has 0 aliphatic carbocycles. The van der Waals surface area contributed by atoms with E-state index in [4.69, 9.17) is 4.74 Å². The molecule has 0 fully saturated rings. The minimum Gasteiger partial charge on any atom is -0.480 e. The summed E-state index contributed by atoms with van der Waals surface area (Å²) in [6, 6.07) is 9.43. The van der Waals surface area contributed by atoms with Crippen molar-refractivity contribution in [3.8, 4) is 0 Å². The van der Waals surface area contributed by atoms with Crippen molar-refractivity contribution < 1.29 is 14.6 Å². The predicted octanol–water partition coefficient (Wildman–Crippen LogP) is 2.34. The number of rotatable bonds is 9. The fourth-order valence-corrected chi connectivity index (χ4v) is 3.15. The second-order valence-electron chi connectivity index (χ2n) is 4.92. The number of hydrogen-bond acceptors (Lipinski definition) is 4. The summed E-state index contributed by atoms with van der Waals surface area (Å²) in [6.45, 7) is 4.54. The standard InChI is InChI=1S/C15H23NO3S/c1-12(2)16-15(14(17)18,11-20-10-9-19-3)13-7-5-4-6-8-13/h4-8,12,16H,9-11H2,1-3H3,(H,17,18). The predicted molar refractivity (Wildman–Crippen MR) is 83.2 cm³/mol. The molecule has 2 N–H and O–H groups in total. The molecule has 0 radical (unpaired) electrons. The highest BCUT2D eigenvalue weighted by Gasteiger charge is 2.40. The number of aliphatic carboxylic acids is 1. The third-order valence-electron chi connectivity index (χ3n) is 2.92. The molecule has 0 spiro atoms. The van der Waals surface area contributed by atoms with E-state index in [1.807, 2.05) is 44.2 Å². The fraction of sp³-hybridized carbons (Fsp3) is 0.533. The molecule has 0 bridgehead atoms. The Hall–Kier alpha value is -1.04. The third kappa shape index (κ3) is 4.51. The number of carboxylic acids is 1. The van der Waals surface area contributed by atoms with Crippen LogP contribution in [0.4, 0.5) is 0 Å². The molecule has 1 aromatic rings. The van der Waals surface area contributed by atoms with Crippen molar-refractivity contribution in [1.82, 2.24) is 5.32 Å². The average Bonchev–Trinajstić information content (AvgIpc) is 2.42. The van der Waals surface area contributed by atoms with Gasteiger partial charge in [0, 0.05) is 24.7 Å². The first-order valence-electron chi connectivity index (χ1n) is 6.66. The smallest absolute Gasteiger partial charge is 0.329 e. The first kappa shape index (κ1) is 17.0. The molecule has 20 heavy (non-hydrogen) atoms. The number of carboxylic acid groups (broad SMARTS) is 1. The van der Waals surface area contributed by atoms with Gasteiger partial charge >= 0.3 is 5.97 Å². The molecule has 1 rings (SSSR count). The molecule has 0 amide bonds. The van der Waals surface area contributed by atoms with Gasteiger partial charge in [-0.2, -0.15) is 11.8 Å². The van der Waals surface area contributed by atoms with E-state index in [-0.39, 0.29) is 6.04 Å². The van der Waals surface area contributed by atoms with Gasteiger partial charge in [-0.15, -0.1) is 0 Å². The Balaban J connectivity index is 2.99. The molecule has 5 heteroatoms. The molecule has 1 atom stereocenters. The number of thioether (sulfide) groups is 1. The summed E-state index contributed by atoms with van der Waals surface area (Å²) in [6.07, 6.45) is 0. The lowest BCUT2D eigenvalue weighted by Gasteiger charge is -2.33. The Morgan fingerprint density at radius 2 is 2.05 bits per heavy atom. The van der Waals surface area contributed by atoms with E-state index in [0.717, 1.165) is 11.3 Å². The molecular formula is C15H23NO3S. The summed E-state index contributed by atoms with van der Waals surface area (Å²) >= 11 is 1.58. The highest BCUT2D eigenvalue weighted by molar-refractivity contribution is 7.99. The van der Waals surface area contributed by atoms with Crippen LogP contribution in [0.15, 0.2) is 30.3 Å². The molecule has 112 valence electrons. The van der Waals surface area contributed by atoms with Gasteiger partial charge in [0.1, 0.15) is 0 Å². The Morgan fingerprint density at radius 1 is 1.40 bits per heavy atom. The van der Waals surface area contributed by atoms with Gasteiger partial charge in [-0.05, 0) is 19.4 Å². The van der Waals surface area contributed by atoms with Crippen molar-refractivity contribution in [3.63, 3.8) is 0 Å². The number of carbonyl (C=O) groups is 1. The van der Waals surface area contributed by atoms with Crippen LogP contribution in [0.5, 0.6) is 0 Å². The van der Waals surface area contributed by atoms with Crippen molar-refractivity contribution in [3.05, 3.63) is 35.9 Å². The molecule has 0 heterocycles. The van der Waals surface area contributed by atoms with E-state index in [2.05, 4.69) is 5.32 Å². The van der Waals surface area contributed by atoms with Gasteiger partial charge in [-0.3, -0.25) is 5.32 Å². The summed E-state index contributed by atoms with van der Waals surface area (Å²) in [5, 5.41) is 13.0. The van der Waals surface area contributed by atoms with Gasteiger partial charge in [0.05, 0.1) is 6.61 Å². The molecule has 0 saturated carbocycles. The number of hydrogen-bond donors (Lipinski definition) is 2. The molecule has 1 aromatic carbocycles. The van der Waals surface area contributed by atoms with Gasteiger partial charge in [-0.25, -0.2) is 4.79 Å². The maximum atomic E-state index is 11.9. The SMILES string of the molecule is COCCSCC(NC(C)C)(C(=O)O)c1ccccc1. The van der Waals surface area contributed by atoms with Crippen molar-refractivity contribution in [1.29, 1.82) is 0 Å². The third-order valence-corrected chi connectivity index (χ3v) is 4.01. The zero-order valence-electron chi connectivity index (χ0n) is 12.3. The summed E-state index contributed by atoms with van der Waals surface area (Å²) in [5.74, 6) is 0.397. The largest absolute Gasteiger partial charge is 0.480 e. The highest BCUT2D eigenvalue weighted by Crippen LogP contribution is 2.27. The van der Waals surface area contributed by atoms with Crippen LogP contribution < -0.4 is 5.32 Å². The van der Waals surface area contributed by atoms with Gasteiger partial charge in [-0.1, -0.05) is 30.3 Å². The van der Waals surface area contributed by atoms with Crippen molar-refractivity contribution in [2.45, 2.75) is 25.4 Å². The number of ether oxygens (including phenoxy) is 1. The first-order valence-corrected chi connectivity index (χ1v) is 7.81. The summed E-state index contributed by atoms with van der Waals surface area (Å²) in [5.41, 5.74) is -0.278. The van der Waals surface area contributed by atoms with Gasteiger partial charge in [0.15, 0.2) is 5.54 Å². The van der Waals surface area contributed by atoms with Crippen molar-refractivity contribution in [2.75, 3.05) is 25.2 Å². The molecule has 0 aromatic heterocycles.